The smallest absolute Gasteiger partial charge is 0.318 e. The molecule has 8 heteroatoms. The van der Waals surface area contributed by atoms with Crippen molar-refractivity contribution >= 4 is 28.8 Å². The summed E-state index contributed by atoms with van der Waals surface area (Å²) in [4.78, 5) is 43.8. The molecule has 1 aliphatic heterocycles. The van der Waals surface area contributed by atoms with Crippen LogP contribution in [0.2, 0.25) is 0 Å². The monoisotopic (exact) mass is 476 g/mol. The van der Waals surface area contributed by atoms with E-state index in [0.29, 0.717) is 44.3 Å². The first-order valence-electron chi connectivity index (χ1n) is 12.0. The third kappa shape index (κ3) is 10.2. The molecule has 2 rings (SSSR count). The van der Waals surface area contributed by atoms with Gasteiger partial charge in [0.25, 0.3) is 0 Å². The minimum Gasteiger partial charge on any atom is -0.338 e. The van der Waals surface area contributed by atoms with Gasteiger partial charge in [0.2, 0.25) is 5.91 Å². The van der Waals surface area contributed by atoms with E-state index in [1.165, 1.54) is 18.7 Å². The summed E-state index contributed by atoms with van der Waals surface area (Å²) in [6.45, 7) is 9.87. The lowest BCUT2D eigenvalue weighted by molar-refractivity contribution is -0.135. The number of thioether (sulfide) groups is 1. The van der Waals surface area contributed by atoms with Crippen molar-refractivity contribution in [3.8, 4) is 0 Å². The zero-order valence-electron chi connectivity index (χ0n) is 20.6. The number of benzene rings is 1. The molecule has 1 atom stereocenters. The van der Waals surface area contributed by atoms with Gasteiger partial charge in [-0.3, -0.25) is 9.59 Å². The van der Waals surface area contributed by atoms with Crippen LogP contribution in [-0.4, -0.2) is 89.9 Å². The van der Waals surface area contributed by atoms with E-state index in [-0.39, 0.29) is 17.1 Å². The summed E-state index contributed by atoms with van der Waals surface area (Å²) in [6.07, 6.45) is 2.22. The van der Waals surface area contributed by atoms with Crippen molar-refractivity contribution in [3.63, 3.8) is 0 Å². The van der Waals surface area contributed by atoms with Gasteiger partial charge in [0.1, 0.15) is 6.04 Å². The highest BCUT2D eigenvalue weighted by Gasteiger charge is 2.29. The Morgan fingerprint density at radius 3 is 2.30 bits per heavy atom. The lowest BCUT2D eigenvalue weighted by atomic mass is 10.0. The summed E-state index contributed by atoms with van der Waals surface area (Å²) >= 11 is 1.22. The number of carbonyl (C=O) groups is 3. The lowest BCUT2D eigenvalue weighted by Crippen LogP contribution is -2.56. The van der Waals surface area contributed by atoms with Crippen molar-refractivity contribution < 1.29 is 14.4 Å². The summed E-state index contributed by atoms with van der Waals surface area (Å²) in [6, 6.07) is 9.28. The van der Waals surface area contributed by atoms with Gasteiger partial charge in [-0.2, -0.15) is 0 Å². The predicted molar refractivity (Wildman–Crippen MR) is 135 cm³/mol. The minimum atomic E-state index is -0.525. The van der Waals surface area contributed by atoms with Crippen LogP contribution >= 0.6 is 11.8 Å². The molecule has 1 fully saturated rings. The Hall–Kier alpha value is -2.06. The summed E-state index contributed by atoms with van der Waals surface area (Å²) in [5.74, 6) is 1.00. The van der Waals surface area contributed by atoms with E-state index >= 15 is 0 Å². The molecule has 184 valence electrons. The summed E-state index contributed by atoms with van der Waals surface area (Å²) < 4.78 is 0. The van der Waals surface area contributed by atoms with E-state index in [9.17, 15) is 14.4 Å². The number of hydrogen-bond acceptors (Lipinski definition) is 5. The van der Waals surface area contributed by atoms with E-state index in [0.717, 1.165) is 31.5 Å². The van der Waals surface area contributed by atoms with Crippen molar-refractivity contribution in [1.82, 2.24) is 20.0 Å². The number of carbonyl (C=O) groups excluding carboxylic acids is 3. The third-order valence-corrected chi connectivity index (χ3v) is 6.70. The van der Waals surface area contributed by atoms with Crippen LogP contribution in [0.4, 0.5) is 4.79 Å². The van der Waals surface area contributed by atoms with Gasteiger partial charge in [-0.15, -0.1) is 0 Å². The highest BCUT2D eigenvalue weighted by Crippen LogP contribution is 2.13. The molecule has 1 heterocycles. The maximum Gasteiger partial charge on any atom is 0.318 e. The van der Waals surface area contributed by atoms with E-state index in [1.807, 2.05) is 35.2 Å². The van der Waals surface area contributed by atoms with Gasteiger partial charge in [-0.25, -0.2) is 4.79 Å². The Balaban J connectivity index is 2.06. The van der Waals surface area contributed by atoms with Crippen LogP contribution < -0.4 is 5.32 Å². The second-order valence-electron chi connectivity index (χ2n) is 9.16. The summed E-state index contributed by atoms with van der Waals surface area (Å²) in [5.41, 5.74) is 1.15. The van der Waals surface area contributed by atoms with Gasteiger partial charge >= 0.3 is 6.03 Å². The Kier molecular flexibility index (Phi) is 11.7. The van der Waals surface area contributed by atoms with E-state index in [4.69, 9.17) is 0 Å². The number of likely N-dealkylation sites (N-methyl/N-ethyl adjacent to an activating group) is 1. The first-order valence-corrected chi connectivity index (χ1v) is 12.9. The van der Waals surface area contributed by atoms with Crippen LogP contribution in [0.25, 0.3) is 0 Å². The summed E-state index contributed by atoms with van der Waals surface area (Å²) in [7, 11) is 2.06. The second-order valence-corrected chi connectivity index (χ2v) is 10.4. The fourth-order valence-electron chi connectivity index (χ4n) is 3.77. The Morgan fingerprint density at radius 2 is 1.70 bits per heavy atom. The molecule has 1 N–H and O–H groups in total. The highest BCUT2D eigenvalue weighted by atomic mass is 32.2. The highest BCUT2D eigenvalue weighted by molar-refractivity contribution is 8.13. The molecule has 1 aromatic carbocycles. The molecular weight excluding hydrogens is 436 g/mol. The summed E-state index contributed by atoms with van der Waals surface area (Å²) in [5, 5.41) is 3.08. The van der Waals surface area contributed by atoms with Crippen LogP contribution in [0.15, 0.2) is 30.3 Å². The van der Waals surface area contributed by atoms with Gasteiger partial charge in [0.15, 0.2) is 5.12 Å². The molecule has 0 aliphatic carbocycles. The van der Waals surface area contributed by atoms with Gasteiger partial charge in [0, 0.05) is 51.9 Å². The fraction of sp³-hybridized carbons (Fsp3) is 0.640. The molecule has 0 aromatic heterocycles. The molecule has 0 saturated carbocycles. The molecule has 0 unspecified atom stereocenters. The van der Waals surface area contributed by atoms with Crippen molar-refractivity contribution in [2.45, 2.75) is 46.1 Å². The Bertz CT molecular complexity index is 751. The van der Waals surface area contributed by atoms with Gasteiger partial charge in [-0.05, 0) is 37.8 Å². The molecule has 1 saturated heterocycles. The van der Waals surface area contributed by atoms with E-state index in [2.05, 4.69) is 31.1 Å². The maximum atomic E-state index is 13.3. The number of urea groups is 1. The zero-order valence-corrected chi connectivity index (χ0v) is 21.4. The Labute approximate surface area is 203 Å². The van der Waals surface area contributed by atoms with E-state index < -0.39 is 6.04 Å². The number of amides is 3. The van der Waals surface area contributed by atoms with Gasteiger partial charge in [-0.1, -0.05) is 55.9 Å². The normalized spacial score (nSPS) is 15.4. The lowest BCUT2D eigenvalue weighted by Gasteiger charge is -2.35. The SMILES string of the molecule is CC(=O)SCCN(CCc1ccccc1)C(=O)N[C@@H](CCC(C)C)C(=O)N1CCN(C)CC1. The topological polar surface area (TPSA) is 73.0 Å². The predicted octanol–water partition coefficient (Wildman–Crippen LogP) is 3.10. The standard InChI is InChI=1S/C25H40N4O3S/c1-20(2)10-11-23(24(31)28-16-14-27(4)15-17-28)26-25(32)29(18-19-33-21(3)30)13-12-22-8-6-5-7-9-22/h5-9,20,23H,10-19H2,1-4H3,(H,26,32)/t23-/m0/s1. The fourth-order valence-corrected chi connectivity index (χ4v) is 4.37. The van der Waals surface area contributed by atoms with Gasteiger partial charge in [0.05, 0.1) is 0 Å². The number of piperazine rings is 1. The minimum absolute atomic E-state index is 0.0122. The van der Waals surface area contributed by atoms with Crippen LogP contribution in [0.1, 0.15) is 39.2 Å². The van der Waals surface area contributed by atoms with Crippen molar-refractivity contribution in [1.29, 1.82) is 0 Å². The molecule has 0 spiro atoms. The van der Waals surface area contributed by atoms with Crippen LogP contribution in [-0.2, 0) is 16.0 Å². The van der Waals surface area contributed by atoms with E-state index in [1.54, 1.807) is 4.90 Å². The Morgan fingerprint density at radius 1 is 1.03 bits per heavy atom. The average Bonchev–Trinajstić information content (AvgIpc) is 2.79. The third-order valence-electron chi connectivity index (χ3n) is 5.91. The average molecular weight is 477 g/mol. The molecule has 33 heavy (non-hydrogen) atoms. The largest absolute Gasteiger partial charge is 0.338 e. The number of hydrogen-bond donors (Lipinski definition) is 1. The van der Waals surface area contributed by atoms with Crippen molar-refractivity contribution in [2.75, 3.05) is 52.1 Å². The second kappa shape index (κ2) is 14.3. The molecule has 7 nitrogen and oxygen atoms in total. The first kappa shape index (κ1) is 27.2. The quantitative estimate of drug-likeness (QED) is 0.531. The van der Waals surface area contributed by atoms with Crippen LogP contribution in [0.3, 0.4) is 0 Å². The zero-order chi connectivity index (χ0) is 24.2. The molecule has 0 bridgehead atoms. The molecule has 1 aromatic rings. The molecular formula is C25H40N4O3S. The first-order chi connectivity index (χ1) is 15.8. The number of rotatable bonds is 11. The van der Waals surface area contributed by atoms with Crippen molar-refractivity contribution in [3.05, 3.63) is 35.9 Å². The number of nitrogens with one attached hydrogen (secondary N) is 1. The maximum absolute atomic E-state index is 13.3. The van der Waals surface area contributed by atoms with Crippen LogP contribution in [0.5, 0.6) is 0 Å². The molecule has 0 radical (unpaired) electrons. The van der Waals surface area contributed by atoms with Crippen molar-refractivity contribution in [2.24, 2.45) is 5.92 Å². The molecule has 3 amide bonds. The van der Waals surface area contributed by atoms with Gasteiger partial charge < -0.3 is 20.0 Å². The van der Waals surface area contributed by atoms with Crippen LogP contribution in [0, 0.1) is 5.92 Å². The number of nitrogens with zero attached hydrogens (tertiary/aromatic N) is 3. The molecule has 1 aliphatic rings.